The van der Waals surface area contributed by atoms with Crippen molar-refractivity contribution >= 4 is 37.3 Å². The molecule has 21 heavy (non-hydrogen) atoms. The van der Waals surface area contributed by atoms with Crippen molar-refractivity contribution in [2.45, 2.75) is 44.2 Å². The molecule has 1 saturated heterocycles. The number of hydrogen-bond donors (Lipinski definition) is 1. The zero-order valence-electron chi connectivity index (χ0n) is 12.1. The smallest absolute Gasteiger partial charge is 0.211 e. The molecule has 2 aliphatic rings. The van der Waals surface area contributed by atoms with Gasteiger partial charge in [-0.3, -0.25) is 0 Å². The maximum absolute atomic E-state index is 11.6. The molecule has 1 atom stereocenters. The number of nitrogens with one attached hydrogen (secondary N) is 1. The summed E-state index contributed by atoms with van der Waals surface area (Å²) < 4.78 is 25.9. The van der Waals surface area contributed by atoms with Crippen LogP contribution in [-0.4, -0.2) is 38.1 Å². The zero-order chi connectivity index (χ0) is 15.0. The van der Waals surface area contributed by atoms with Crippen molar-refractivity contribution in [1.29, 1.82) is 0 Å². The highest BCUT2D eigenvalue weighted by molar-refractivity contribution is 9.11. The average Bonchev–Trinajstić information content (AvgIpc) is 2.80. The molecule has 0 radical (unpaired) electrons. The second-order valence-electron chi connectivity index (χ2n) is 5.98. The molecule has 0 bridgehead atoms. The molecule has 1 unspecified atom stereocenters. The maximum atomic E-state index is 11.6. The third kappa shape index (κ3) is 3.69. The van der Waals surface area contributed by atoms with Crippen molar-refractivity contribution in [1.82, 2.24) is 9.62 Å². The Hall–Kier alpha value is 0.0500. The summed E-state index contributed by atoms with van der Waals surface area (Å²) >= 11 is 5.44. The SMILES string of the molecule is CS(=O)(=O)N1CCC(NC2CCCc3sc(Br)cc32)CC1. The van der Waals surface area contributed by atoms with Crippen LogP contribution in [0.4, 0.5) is 0 Å². The van der Waals surface area contributed by atoms with Crippen LogP contribution < -0.4 is 5.32 Å². The monoisotopic (exact) mass is 392 g/mol. The first-order valence-corrected chi connectivity index (χ1v) is 10.9. The second-order valence-corrected chi connectivity index (χ2v) is 10.5. The fourth-order valence-electron chi connectivity index (χ4n) is 3.33. The molecule has 0 saturated carbocycles. The molecule has 2 heterocycles. The van der Waals surface area contributed by atoms with Crippen LogP contribution in [0.2, 0.25) is 0 Å². The van der Waals surface area contributed by atoms with Gasteiger partial charge in [0.25, 0.3) is 0 Å². The molecule has 3 rings (SSSR count). The normalized spacial score (nSPS) is 25.0. The Morgan fingerprint density at radius 3 is 2.71 bits per heavy atom. The molecule has 118 valence electrons. The summed E-state index contributed by atoms with van der Waals surface area (Å²) in [6.07, 6.45) is 6.73. The molecule has 7 heteroatoms. The Morgan fingerprint density at radius 2 is 2.05 bits per heavy atom. The highest BCUT2D eigenvalue weighted by Crippen LogP contribution is 2.38. The van der Waals surface area contributed by atoms with Crippen molar-refractivity contribution in [3.05, 3.63) is 20.3 Å². The van der Waals surface area contributed by atoms with Crippen LogP contribution >= 0.6 is 27.3 Å². The second kappa shape index (κ2) is 6.28. The van der Waals surface area contributed by atoms with Crippen LogP contribution in [0.25, 0.3) is 0 Å². The summed E-state index contributed by atoms with van der Waals surface area (Å²) in [5.41, 5.74) is 1.45. The Balaban J connectivity index is 1.62. The summed E-state index contributed by atoms with van der Waals surface area (Å²) in [6, 6.07) is 3.12. The maximum Gasteiger partial charge on any atom is 0.211 e. The quantitative estimate of drug-likeness (QED) is 0.859. The lowest BCUT2D eigenvalue weighted by Gasteiger charge is -2.34. The fraction of sp³-hybridized carbons (Fsp3) is 0.714. The molecular formula is C14H21BrN2O2S2. The number of fused-ring (bicyclic) bond motifs is 1. The summed E-state index contributed by atoms with van der Waals surface area (Å²) in [7, 11) is -3.03. The van der Waals surface area contributed by atoms with Crippen molar-refractivity contribution in [3.63, 3.8) is 0 Å². The van der Waals surface area contributed by atoms with E-state index in [1.54, 1.807) is 4.31 Å². The van der Waals surface area contributed by atoms with Gasteiger partial charge < -0.3 is 5.32 Å². The molecule has 1 aliphatic heterocycles. The Morgan fingerprint density at radius 1 is 1.33 bits per heavy atom. The minimum Gasteiger partial charge on any atom is -0.307 e. The van der Waals surface area contributed by atoms with Crippen molar-refractivity contribution in [2.24, 2.45) is 0 Å². The number of nitrogens with zero attached hydrogens (tertiary/aromatic N) is 1. The van der Waals surface area contributed by atoms with Gasteiger partial charge in [-0.15, -0.1) is 11.3 Å². The lowest BCUT2D eigenvalue weighted by atomic mass is 9.92. The third-order valence-corrected chi connectivity index (χ3v) is 7.46. The molecule has 0 aromatic carbocycles. The van der Waals surface area contributed by atoms with Gasteiger partial charge in [-0.2, -0.15) is 0 Å². The van der Waals surface area contributed by atoms with Crippen molar-refractivity contribution in [2.75, 3.05) is 19.3 Å². The fourth-order valence-corrected chi connectivity index (χ4v) is 6.03. The molecule has 1 aliphatic carbocycles. The van der Waals surface area contributed by atoms with E-state index in [0.717, 1.165) is 12.8 Å². The van der Waals surface area contributed by atoms with Crippen molar-refractivity contribution in [3.8, 4) is 0 Å². The van der Waals surface area contributed by atoms with Gasteiger partial charge in [-0.05, 0) is 59.7 Å². The highest BCUT2D eigenvalue weighted by Gasteiger charge is 2.29. The molecule has 4 nitrogen and oxygen atoms in total. The van der Waals surface area contributed by atoms with Gasteiger partial charge >= 0.3 is 0 Å². The van der Waals surface area contributed by atoms with E-state index in [1.165, 1.54) is 39.7 Å². The Labute approximate surface area is 139 Å². The molecule has 0 amide bonds. The summed E-state index contributed by atoms with van der Waals surface area (Å²) in [6.45, 7) is 1.28. The van der Waals surface area contributed by atoms with E-state index >= 15 is 0 Å². The number of aryl methyl sites for hydroxylation is 1. The van der Waals surface area contributed by atoms with Crippen LogP contribution in [0, 0.1) is 0 Å². The van der Waals surface area contributed by atoms with E-state index in [0.29, 0.717) is 25.2 Å². The Kier molecular flexibility index (Phi) is 4.76. The van der Waals surface area contributed by atoms with Gasteiger partial charge in [0.1, 0.15) is 0 Å². The van der Waals surface area contributed by atoms with E-state index in [2.05, 4.69) is 27.3 Å². The number of hydrogen-bond acceptors (Lipinski definition) is 4. The third-order valence-electron chi connectivity index (χ3n) is 4.44. The summed E-state index contributed by atoms with van der Waals surface area (Å²) in [5.74, 6) is 0. The minimum absolute atomic E-state index is 0.428. The summed E-state index contributed by atoms with van der Waals surface area (Å²) in [4.78, 5) is 1.50. The van der Waals surface area contributed by atoms with E-state index < -0.39 is 10.0 Å². The number of rotatable bonds is 3. The zero-order valence-corrected chi connectivity index (χ0v) is 15.4. The van der Waals surface area contributed by atoms with Gasteiger partial charge in [0.2, 0.25) is 10.0 Å². The standard InChI is InChI=1S/C14H21BrN2O2S2/c1-21(18,19)17-7-5-10(6-8-17)16-12-3-2-4-13-11(12)9-14(15)20-13/h9-10,12,16H,2-8H2,1H3. The van der Waals surface area contributed by atoms with E-state index in [9.17, 15) is 8.42 Å². The van der Waals surface area contributed by atoms with E-state index in [-0.39, 0.29) is 0 Å². The number of thiophene rings is 1. The van der Waals surface area contributed by atoms with Gasteiger partial charge in [-0.1, -0.05) is 0 Å². The molecule has 1 fully saturated rings. The summed E-state index contributed by atoms with van der Waals surface area (Å²) in [5, 5.41) is 3.76. The average molecular weight is 393 g/mol. The van der Waals surface area contributed by atoms with E-state index in [1.807, 2.05) is 11.3 Å². The van der Waals surface area contributed by atoms with Crippen LogP contribution in [-0.2, 0) is 16.4 Å². The molecule has 0 spiro atoms. The minimum atomic E-state index is -3.03. The van der Waals surface area contributed by atoms with Gasteiger partial charge in [0.15, 0.2) is 0 Å². The molecular weight excluding hydrogens is 372 g/mol. The van der Waals surface area contributed by atoms with Gasteiger partial charge in [-0.25, -0.2) is 12.7 Å². The molecule has 1 aromatic rings. The Bertz CT molecular complexity index is 606. The van der Waals surface area contributed by atoms with Gasteiger partial charge in [0, 0.05) is 30.1 Å². The first-order chi connectivity index (χ1) is 9.93. The first kappa shape index (κ1) is 15.9. The highest BCUT2D eigenvalue weighted by atomic mass is 79.9. The largest absolute Gasteiger partial charge is 0.307 e. The predicted octanol–water partition coefficient (Wildman–Crippen LogP) is 2.90. The van der Waals surface area contributed by atoms with E-state index in [4.69, 9.17) is 0 Å². The van der Waals surface area contributed by atoms with Gasteiger partial charge in [0.05, 0.1) is 10.0 Å². The van der Waals surface area contributed by atoms with Crippen LogP contribution in [0.15, 0.2) is 9.85 Å². The number of halogens is 1. The van der Waals surface area contributed by atoms with Crippen molar-refractivity contribution < 1.29 is 8.42 Å². The predicted molar refractivity (Wildman–Crippen MR) is 90.3 cm³/mol. The molecule has 1 N–H and O–H groups in total. The number of piperidine rings is 1. The molecule has 1 aromatic heterocycles. The lowest BCUT2D eigenvalue weighted by molar-refractivity contribution is 0.267. The number of sulfonamides is 1. The topological polar surface area (TPSA) is 49.4 Å². The van der Waals surface area contributed by atoms with Crippen LogP contribution in [0.5, 0.6) is 0 Å². The first-order valence-electron chi connectivity index (χ1n) is 7.43. The van der Waals surface area contributed by atoms with Crippen LogP contribution in [0.3, 0.4) is 0 Å². The van der Waals surface area contributed by atoms with Crippen LogP contribution in [0.1, 0.15) is 42.2 Å². The lowest BCUT2D eigenvalue weighted by Crippen LogP contribution is -2.45.